The summed E-state index contributed by atoms with van der Waals surface area (Å²) in [6.07, 6.45) is 4.63. The molecule has 1 aliphatic carbocycles. The Hall–Kier alpha value is -1.07. The molecule has 0 aromatic heterocycles. The fourth-order valence-electron chi connectivity index (χ4n) is 2.82. The highest BCUT2D eigenvalue weighted by molar-refractivity contribution is 8.13. The molecule has 0 unspecified atom stereocenters. The molecule has 1 aromatic rings. The van der Waals surface area contributed by atoms with Gasteiger partial charge in [0.25, 0.3) is 15.0 Å². The van der Waals surface area contributed by atoms with Crippen molar-refractivity contribution in [2.45, 2.75) is 44.4 Å². The molecular formula is C15H20ClNO3S. The van der Waals surface area contributed by atoms with Crippen LogP contribution in [0.2, 0.25) is 0 Å². The van der Waals surface area contributed by atoms with E-state index < -0.39 is 9.05 Å². The molecule has 0 heterocycles. The number of halogens is 1. The van der Waals surface area contributed by atoms with Crippen LogP contribution in [-0.2, 0) is 9.05 Å². The monoisotopic (exact) mass is 329 g/mol. The Morgan fingerprint density at radius 3 is 2.48 bits per heavy atom. The molecule has 1 saturated carbocycles. The van der Waals surface area contributed by atoms with Crippen LogP contribution in [0.15, 0.2) is 23.1 Å². The molecule has 116 valence electrons. The van der Waals surface area contributed by atoms with Crippen LogP contribution < -0.4 is 5.32 Å². The highest BCUT2D eigenvalue weighted by Crippen LogP contribution is 2.36. The highest BCUT2D eigenvalue weighted by Gasteiger charge is 2.29. The summed E-state index contributed by atoms with van der Waals surface area (Å²) in [7, 11) is 1.52. The van der Waals surface area contributed by atoms with Gasteiger partial charge in [-0.1, -0.05) is 19.8 Å². The van der Waals surface area contributed by atoms with E-state index in [1.54, 1.807) is 13.0 Å². The molecule has 0 spiro atoms. The van der Waals surface area contributed by atoms with Crippen molar-refractivity contribution in [3.05, 3.63) is 29.3 Å². The van der Waals surface area contributed by atoms with Crippen LogP contribution in [0.25, 0.3) is 0 Å². The minimum atomic E-state index is -3.83. The Labute approximate surface area is 130 Å². The number of carbonyl (C=O) groups excluding carboxylic acids is 1. The van der Waals surface area contributed by atoms with Crippen LogP contribution in [0, 0.1) is 12.3 Å². The molecule has 1 aromatic carbocycles. The molecule has 1 fully saturated rings. The highest BCUT2D eigenvalue weighted by atomic mass is 35.7. The van der Waals surface area contributed by atoms with Crippen molar-refractivity contribution >= 4 is 25.6 Å². The van der Waals surface area contributed by atoms with Gasteiger partial charge in [-0.15, -0.1) is 0 Å². The predicted molar refractivity (Wildman–Crippen MR) is 83.1 cm³/mol. The maximum atomic E-state index is 12.2. The van der Waals surface area contributed by atoms with Crippen molar-refractivity contribution in [3.63, 3.8) is 0 Å². The van der Waals surface area contributed by atoms with Gasteiger partial charge in [-0.25, -0.2) is 8.42 Å². The van der Waals surface area contributed by atoms with Crippen LogP contribution in [0.5, 0.6) is 0 Å². The molecule has 0 aliphatic heterocycles. The molecular weight excluding hydrogens is 310 g/mol. The van der Waals surface area contributed by atoms with Gasteiger partial charge < -0.3 is 5.32 Å². The minimum Gasteiger partial charge on any atom is -0.351 e. The maximum absolute atomic E-state index is 12.2. The first-order valence-electron chi connectivity index (χ1n) is 7.04. The Morgan fingerprint density at radius 1 is 1.29 bits per heavy atom. The summed E-state index contributed by atoms with van der Waals surface area (Å²) in [5, 5.41) is 2.91. The molecule has 0 atom stereocenters. The van der Waals surface area contributed by atoms with Gasteiger partial charge in [-0.3, -0.25) is 4.79 Å². The summed E-state index contributed by atoms with van der Waals surface area (Å²) in [5.74, 6) is -0.256. The van der Waals surface area contributed by atoms with E-state index in [2.05, 4.69) is 12.2 Å². The fourth-order valence-corrected chi connectivity index (χ4v) is 3.68. The quantitative estimate of drug-likeness (QED) is 0.862. The van der Waals surface area contributed by atoms with Gasteiger partial charge in [0.05, 0.1) is 4.90 Å². The van der Waals surface area contributed by atoms with E-state index in [0.29, 0.717) is 17.7 Å². The van der Waals surface area contributed by atoms with Gasteiger partial charge in [0.15, 0.2) is 0 Å². The lowest BCUT2D eigenvalue weighted by Gasteiger charge is -2.23. The van der Waals surface area contributed by atoms with Crippen molar-refractivity contribution in [2.24, 2.45) is 5.41 Å². The van der Waals surface area contributed by atoms with Crippen molar-refractivity contribution in [2.75, 3.05) is 6.54 Å². The van der Waals surface area contributed by atoms with Gasteiger partial charge in [-0.2, -0.15) is 0 Å². The first kappa shape index (κ1) is 16.3. The second-order valence-electron chi connectivity index (χ2n) is 6.17. The van der Waals surface area contributed by atoms with Crippen molar-refractivity contribution in [3.8, 4) is 0 Å². The second-order valence-corrected chi connectivity index (χ2v) is 8.74. The number of nitrogens with one attached hydrogen (secondary N) is 1. The lowest BCUT2D eigenvalue weighted by molar-refractivity contribution is 0.0934. The first-order chi connectivity index (χ1) is 9.70. The van der Waals surface area contributed by atoms with Crippen molar-refractivity contribution in [1.29, 1.82) is 0 Å². The van der Waals surface area contributed by atoms with Gasteiger partial charge in [0, 0.05) is 22.8 Å². The average Bonchev–Trinajstić information content (AvgIpc) is 2.82. The van der Waals surface area contributed by atoms with Gasteiger partial charge >= 0.3 is 0 Å². The molecule has 1 aliphatic rings. The Morgan fingerprint density at radius 2 is 1.90 bits per heavy atom. The Bertz CT molecular complexity index is 649. The maximum Gasteiger partial charge on any atom is 0.261 e. The van der Waals surface area contributed by atoms with E-state index in [9.17, 15) is 13.2 Å². The number of hydrogen-bond acceptors (Lipinski definition) is 3. The number of carbonyl (C=O) groups is 1. The molecule has 2 rings (SSSR count). The predicted octanol–water partition coefficient (Wildman–Crippen LogP) is 3.23. The molecule has 0 saturated heterocycles. The number of benzene rings is 1. The fraction of sp³-hybridized carbons (Fsp3) is 0.533. The van der Waals surface area contributed by atoms with Crippen LogP contribution in [-0.4, -0.2) is 20.9 Å². The van der Waals surface area contributed by atoms with E-state index in [1.165, 1.54) is 25.0 Å². The van der Waals surface area contributed by atoms with Crippen LogP contribution in [0.3, 0.4) is 0 Å². The smallest absolute Gasteiger partial charge is 0.261 e. The van der Waals surface area contributed by atoms with Gasteiger partial charge in [-0.05, 0) is 48.9 Å². The van der Waals surface area contributed by atoms with Crippen LogP contribution in [0.1, 0.15) is 48.5 Å². The molecule has 0 bridgehead atoms. The second kappa shape index (κ2) is 5.97. The Balaban J connectivity index is 2.14. The van der Waals surface area contributed by atoms with Crippen LogP contribution >= 0.6 is 10.7 Å². The first-order valence-corrected chi connectivity index (χ1v) is 9.35. The topological polar surface area (TPSA) is 63.2 Å². The molecule has 6 heteroatoms. The van der Waals surface area contributed by atoms with E-state index in [4.69, 9.17) is 10.7 Å². The summed E-state index contributed by atoms with van der Waals surface area (Å²) < 4.78 is 22.8. The largest absolute Gasteiger partial charge is 0.351 e. The lowest BCUT2D eigenvalue weighted by atomic mass is 9.89. The SMILES string of the molecule is Cc1cc(C(=O)NCC2(C)CCCC2)cc(S(=O)(=O)Cl)c1. The molecule has 4 nitrogen and oxygen atoms in total. The summed E-state index contributed by atoms with van der Waals surface area (Å²) >= 11 is 0. The normalized spacial score (nSPS) is 17.7. The zero-order valence-corrected chi connectivity index (χ0v) is 13.9. The third-order valence-corrected chi connectivity index (χ3v) is 5.41. The number of hydrogen-bond donors (Lipinski definition) is 1. The summed E-state index contributed by atoms with van der Waals surface area (Å²) in [5.41, 5.74) is 1.17. The zero-order chi connectivity index (χ0) is 15.7. The molecule has 1 amide bonds. The summed E-state index contributed by atoms with van der Waals surface area (Å²) in [4.78, 5) is 12.2. The molecule has 0 radical (unpaired) electrons. The van der Waals surface area contributed by atoms with Crippen molar-refractivity contribution in [1.82, 2.24) is 5.32 Å². The third kappa shape index (κ3) is 4.20. The van der Waals surface area contributed by atoms with Gasteiger partial charge in [0.2, 0.25) is 0 Å². The molecule has 1 N–H and O–H groups in total. The molecule has 21 heavy (non-hydrogen) atoms. The lowest BCUT2D eigenvalue weighted by Crippen LogP contribution is -2.34. The van der Waals surface area contributed by atoms with E-state index in [-0.39, 0.29) is 16.2 Å². The summed E-state index contributed by atoms with van der Waals surface area (Å²) in [6, 6.07) is 4.44. The summed E-state index contributed by atoms with van der Waals surface area (Å²) in [6.45, 7) is 4.52. The van der Waals surface area contributed by atoms with E-state index >= 15 is 0 Å². The number of aryl methyl sites for hydroxylation is 1. The third-order valence-electron chi connectivity index (χ3n) is 4.08. The van der Waals surface area contributed by atoms with Crippen molar-refractivity contribution < 1.29 is 13.2 Å². The minimum absolute atomic E-state index is 0.0404. The Kier molecular flexibility index (Phi) is 4.63. The van der Waals surface area contributed by atoms with Crippen LogP contribution in [0.4, 0.5) is 0 Å². The number of amides is 1. The average molecular weight is 330 g/mol. The van der Waals surface area contributed by atoms with E-state index in [0.717, 1.165) is 12.8 Å². The van der Waals surface area contributed by atoms with E-state index in [1.807, 2.05) is 0 Å². The van der Waals surface area contributed by atoms with Gasteiger partial charge in [0.1, 0.15) is 0 Å². The zero-order valence-electron chi connectivity index (χ0n) is 12.3. The number of rotatable bonds is 4. The standard InChI is InChI=1S/C15H20ClNO3S/c1-11-7-12(9-13(8-11)21(16,19)20)14(18)17-10-15(2)5-3-4-6-15/h7-9H,3-6,10H2,1-2H3,(H,17,18).